The van der Waals surface area contributed by atoms with Crippen LogP contribution in [0.25, 0.3) is 22.2 Å². The van der Waals surface area contributed by atoms with E-state index in [2.05, 4.69) is 15.3 Å². The van der Waals surface area contributed by atoms with Crippen LogP contribution in [0, 0.1) is 5.82 Å². The van der Waals surface area contributed by atoms with Crippen LogP contribution in [0.2, 0.25) is 5.02 Å². The Morgan fingerprint density at radius 1 is 1.07 bits per heavy atom. The molecule has 2 aromatic heterocycles. The molecule has 1 atom stereocenters. The van der Waals surface area contributed by atoms with Crippen LogP contribution in [-0.2, 0) is 16.6 Å². The molecule has 5 rings (SSSR count). The van der Waals surface area contributed by atoms with Gasteiger partial charge in [0.15, 0.2) is 0 Å². The zero-order chi connectivity index (χ0) is 32.1. The summed E-state index contributed by atoms with van der Waals surface area (Å²) in [6.45, 7) is 5.98. The lowest BCUT2D eigenvalue weighted by atomic mass is 10.1. The summed E-state index contributed by atoms with van der Waals surface area (Å²) in [5, 5.41) is 7.04. The third-order valence-electron chi connectivity index (χ3n) is 7.29. The van der Waals surface area contributed by atoms with E-state index in [0.29, 0.717) is 62.8 Å². The summed E-state index contributed by atoms with van der Waals surface area (Å²) in [5.41, 5.74) is 3.41. The van der Waals surface area contributed by atoms with E-state index < -0.39 is 10.0 Å². The topological polar surface area (TPSA) is 107 Å². The van der Waals surface area contributed by atoms with Gasteiger partial charge in [0.05, 0.1) is 35.1 Å². The highest BCUT2D eigenvalue weighted by atomic mass is 35.5. The minimum atomic E-state index is -3.41. The molecular formula is C32H33ClFN5O4S2. The molecule has 2 heterocycles. The number of sulfonamides is 1. The maximum absolute atomic E-state index is 13.5. The molecule has 0 aliphatic heterocycles. The second-order valence-electron chi connectivity index (χ2n) is 10.1. The van der Waals surface area contributed by atoms with Crippen LogP contribution >= 0.6 is 22.9 Å². The Morgan fingerprint density at radius 3 is 2.58 bits per heavy atom. The van der Waals surface area contributed by atoms with Crippen LogP contribution in [0.1, 0.15) is 43.8 Å². The highest BCUT2D eigenvalue weighted by molar-refractivity contribution is 7.89. The van der Waals surface area contributed by atoms with Crippen LogP contribution in [-0.4, -0.2) is 47.1 Å². The number of hydrogen-bond donors (Lipinski definition) is 1. The fraction of sp³-hybridized carbons (Fsp3) is 0.281. The largest absolute Gasteiger partial charge is 0.496 e. The molecule has 13 heteroatoms. The molecule has 0 saturated carbocycles. The molecule has 0 spiro atoms. The van der Waals surface area contributed by atoms with Gasteiger partial charge in [0.1, 0.15) is 41.1 Å². The number of thiazole rings is 1. The molecule has 0 radical (unpaired) electrons. The van der Waals surface area contributed by atoms with E-state index >= 15 is 0 Å². The predicted octanol–water partition coefficient (Wildman–Crippen LogP) is 8.00. The van der Waals surface area contributed by atoms with Crippen molar-refractivity contribution in [2.45, 2.75) is 39.8 Å². The Kier molecular flexibility index (Phi) is 10.2. The van der Waals surface area contributed by atoms with Gasteiger partial charge >= 0.3 is 0 Å². The van der Waals surface area contributed by atoms with E-state index in [9.17, 15) is 12.8 Å². The zero-order valence-electron chi connectivity index (χ0n) is 25.3. The molecule has 0 bridgehead atoms. The number of nitrogens with one attached hydrogen (secondary N) is 1. The van der Waals surface area contributed by atoms with E-state index in [4.69, 9.17) is 26.1 Å². The Balaban J connectivity index is 1.44. The molecule has 0 aliphatic carbocycles. The van der Waals surface area contributed by atoms with Crippen LogP contribution in [0.4, 0.5) is 15.9 Å². The van der Waals surface area contributed by atoms with Crippen molar-refractivity contribution in [2.24, 2.45) is 0 Å². The number of ether oxygens (including phenoxy) is 2. The molecule has 1 N–H and O–H groups in total. The molecule has 0 saturated heterocycles. The van der Waals surface area contributed by atoms with Gasteiger partial charge in [-0.15, -0.1) is 11.3 Å². The van der Waals surface area contributed by atoms with Gasteiger partial charge in [-0.3, -0.25) is 0 Å². The van der Waals surface area contributed by atoms with Crippen molar-refractivity contribution in [3.05, 3.63) is 87.7 Å². The van der Waals surface area contributed by atoms with E-state index in [1.165, 1.54) is 34.1 Å². The number of fused-ring (bicyclic) bond motifs is 1. The molecule has 9 nitrogen and oxygen atoms in total. The van der Waals surface area contributed by atoms with E-state index in [1.54, 1.807) is 38.3 Å². The molecule has 1 unspecified atom stereocenters. The van der Waals surface area contributed by atoms with Crippen molar-refractivity contribution in [1.29, 1.82) is 0 Å². The molecular weight excluding hydrogens is 637 g/mol. The second-order valence-corrected chi connectivity index (χ2v) is 13.6. The summed E-state index contributed by atoms with van der Waals surface area (Å²) >= 11 is 7.95. The zero-order valence-corrected chi connectivity index (χ0v) is 27.6. The maximum atomic E-state index is 13.5. The van der Waals surface area contributed by atoms with Crippen molar-refractivity contribution < 1.29 is 22.3 Å². The summed E-state index contributed by atoms with van der Waals surface area (Å²) in [6.07, 6.45) is 2.05. The van der Waals surface area contributed by atoms with Gasteiger partial charge in [-0.1, -0.05) is 37.6 Å². The summed E-state index contributed by atoms with van der Waals surface area (Å²) in [5.74, 6) is 1.28. The van der Waals surface area contributed by atoms with Crippen LogP contribution in [0.15, 0.2) is 66.3 Å². The Labute approximate surface area is 271 Å². The lowest BCUT2D eigenvalue weighted by Crippen LogP contribution is -2.35. The van der Waals surface area contributed by atoms with Crippen molar-refractivity contribution in [2.75, 3.05) is 24.7 Å². The molecule has 45 heavy (non-hydrogen) atoms. The number of hydrogen-bond acceptors (Lipinski definition) is 9. The fourth-order valence-corrected chi connectivity index (χ4v) is 7.69. The lowest BCUT2D eigenvalue weighted by Gasteiger charge is -2.27. The quantitative estimate of drug-likeness (QED) is 0.134. The number of methoxy groups -OCH3 is 1. The van der Waals surface area contributed by atoms with Crippen molar-refractivity contribution in [3.63, 3.8) is 0 Å². The standard InChI is InChI=1S/C32H33ClFN5O4S2/c1-5-28(39(6-2)45(40,41)7-3)32-38-27(18-44-32)23-15-24-26(16-30(23)42-4)35-19-36-31(24)37-22-11-12-29(25(33)14-22)43-17-20-9-8-10-21(34)13-20/h8-16,18-19,28H,5-7,17H2,1-4H3,(H,35,36,37). The first-order chi connectivity index (χ1) is 21.7. The molecule has 0 amide bonds. The fourth-order valence-electron chi connectivity index (χ4n) is 5.02. The molecule has 0 aliphatic rings. The third kappa shape index (κ3) is 7.19. The summed E-state index contributed by atoms with van der Waals surface area (Å²) in [6, 6.07) is 14.8. The number of anilines is 2. The van der Waals surface area contributed by atoms with Crippen LogP contribution in [0.5, 0.6) is 11.5 Å². The maximum Gasteiger partial charge on any atom is 0.214 e. The van der Waals surface area contributed by atoms with Crippen LogP contribution in [0.3, 0.4) is 0 Å². The van der Waals surface area contributed by atoms with Gasteiger partial charge in [-0.2, -0.15) is 4.31 Å². The highest BCUT2D eigenvalue weighted by Gasteiger charge is 2.30. The second kappa shape index (κ2) is 14.1. The summed E-state index contributed by atoms with van der Waals surface area (Å²) in [7, 11) is -1.82. The van der Waals surface area contributed by atoms with Gasteiger partial charge in [0.25, 0.3) is 0 Å². The average molecular weight is 670 g/mol. The SMILES string of the molecule is CCC(c1nc(-c2cc3c(Nc4ccc(OCc5cccc(F)c5)c(Cl)c4)ncnc3cc2OC)cs1)N(CC)S(=O)(=O)CC. The Bertz CT molecular complexity index is 1920. The Morgan fingerprint density at radius 2 is 1.89 bits per heavy atom. The monoisotopic (exact) mass is 669 g/mol. The minimum absolute atomic E-state index is 0.0275. The van der Waals surface area contributed by atoms with Gasteiger partial charge in [-0.25, -0.2) is 27.8 Å². The minimum Gasteiger partial charge on any atom is -0.496 e. The van der Waals surface area contributed by atoms with Crippen molar-refractivity contribution in [3.8, 4) is 22.8 Å². The van der Waals surface area contributed by atoms with Gasteiger partial charge < -0.3 is 14.8 Å². The first-order valence-electron chi connectivity index (χ1n) is 14.4. The highest BCUT2D eigenvalue weighted by Crippen LogP contribution is 2.39. The average Bonchev–Trinajstić information content (AvgIpc) is 3.52. The molecule has 3 aromatic carbocycles. The Hall–Kier alpha value is -3.84. The number of halogens is 2. The number of aromatic nitrogens is 3. The normalized spacial score (nSPS) is 12.4. The van der Waals surface area contributed by atoms with Crippen LogP contribution < -0.4 is 14.8 Å². The first-order valence-corrected chi connectivity index (χ1v) is 17.3. The summed E-state index contributed by atoms with van der Waals surface area (Å²) in [4.78, 5) is 13.8. The molecule has 5 aromatic rings. The van der Waals surface area contributed by atoms with Crippen molar-refractivity contribution >= 4 is 55.4 Å². The predicted molar refractivity (Wildman–Crippen MR) is 178 cm³/mol. The third-order valence-corrected chi connectivity index (χ3v) is 10.5. The summed E-state index contributed by atoms with van der Waals surface area (Å²) < 4.78 is 52.1. The molecule has 236 valence electrons. The van der Waals surface area contributed by atoms with E-state index in [0.717, 1.165) is 10.9 Å². The van der Waals surface area contributed by atoms with E-state index in [-0.39, 0.29) is 24.2 Å². The first kappa shape index (κ1) is 32.6. The van der Waals surface area contributed by atoms with Gasteiger partial charge in [0.2, 0.25) is 10.0 Å². The van der Waals surface area contributed by atoms with Crippen molar-refractivity contribution in [1.82, 2.24) is 19.3 Å². The smallest absolute Gasteiger partial charge is 0.214 e. The van der Waals surface area contributed by atoms with Gasteiger partial charge in [-0.05, 0) is 55.3 Å². The number of nitrogens with zero attached hydrogens (tertiary/aromatic N) is 4. The molecule has 0 fully saturated rings. The number of rotatable bonds is 13. The van der Waals surface area contributed by atoms with Gasteiger partial charge in [0, 0.05) is 34.6 Å². The van der Waals surface area contributed by atoms with E-state index in [1.807, 2.05) is 37.4 Å². The number of benzene rings is 3. The lowest BCUT2D eigenvalue weighted by molar-refractivity contribution is 0.306.